The number of Topliss-reactive ketones (excluding diaryl/α,β-unsaturated/α-hetero) is 1. The lowest BCUT2D eigenvalue weighted by molar-refractivity contribution is -0.135. The van der Waals surface area contributed by atoms with E-state index in [0.29, 0.717) is 5.56 Å². The quantitative estimate of drug-likeness (QED) is 0.367. The summed E-state index contributed by atoms with van der Waals surface area (Å²) in [4.78, 5) is 22.7. The molecular weight excluding hydrogens is 264 g/mol. The topological polar surface area (TPSA) is 43.4 Å². The molecule has 0 aliphatic heterocycles. The summed E-state index contributed by atoms with van der Waals surface area (Å²) in [6.07, 6.45) is 0. The van der Waals surface area contributed by atoms with Crippen molar-refractivity contribution in [1.29, 1.82) is 0 Å². The third kappa shape index (κ3) is 3.58. The Hall–Kier alpha value is -2.86. The maximum atomic E-state index is 11.6. The van der Waals surface area contributed by atoms with Gasteiger partial charge in [0.1, 0.15) is 0 Å². The number of esters is 1. The molecule has 0 unspecified atom stereocenters. The standard InChI is InChI=1S/C18H14O3/c1-13-5-3-4-6-15(13)10-7-14-8-11-16(12-9-14)17(19)18(20)21-2/h3-6,8-9,11-12H,1-2H3. The van der Waals surface area contributed by atoms with Crippen LogP contribution in [-0.4, -0.2) is 18.9 Å². The van der Waals surface area contributed by atoms with Crippen molar-refractivity contribution in [2.45, 2.75) is 6.92 Å². The predicted molar refractivity (Wildman–Crippen MR) is 79.9 cm³/mol. The monoisotopic (exact) mass is 278 g/mol. The van der Waals surface area contributed by atoms with E-state index in [2.05, 4.69) is 16.6 Å². The molecule has 0 bridgehead atoms. The molecule has 104 valence electrons. The molecule has 2 rings (SSSR count). The molecule has 0 aliphatic rings. The molecule has 0 aromatic heterocycles. The van der Waals surface area contributed by atoms with E-state index >= 15 is 0 Å². The Labute approximate surface area is 123 Å². The minimum absolute atomic E-state index is 0.295. The third-order valence-electron chi connectivity index (χ3n) is 3.00. The van der Waals surface area contributed by atoms with Gasteiger partial charge in [-0.25, -0.2) is 4.79 Å². The summed E-state index contributed by atoms with van der Waals surface area (Å²) in [7, 11) is 1.18. The maximum Gasteiger partial charge on any atom is 0.379 e. The van der Waals surface area contributed by atoms with Gasteiger partial charge < -0.3 is 4.74 Å². The van der Waals surface area contributed by atoms with Crippen molar-refractivity contribution in [3.8, 4) is 11.8 Å². The molecule has 2 aromatic rings. The number of benzene rings is 2. The van der Waals surface area contributed by atoms with Gasteiger partial charge in [0.15, 0.2) is 0 Å². The van der Waals surface area contributed by atoms with Gasteiger partial charge in [-0.15, -0.1) is 0 Å². The molecule has 21 heavy (non-hydrogen) atoms. The number of rotatable bonds is 2. The number of carbonyl (C=O) groups is 2. The summed E-state index contributed by atoms with van der Waals surface area (Å²) in [6, 6.07) is 14.4. The number of aryl methyl sites for hydroxylation is 1. The second kappa shape index (κ2) is 6.53. The number of carbonyl (C=O) groups excluding carboxylic acids is 2. The number of ketones is 1. The first-order valence-corrected chi connectivity index (χ1v) is 6.42. The van der Waals surface area contributed by atoms with E-state index in [0.717, 1.165) is 16.7 Å². The Morgan fingerprint density at radius 2 is 1.62 bits per heavy atom. The van der Waals surface area contributed by atoms with Crippen LogP contribution in [0.4, 0.5) is 0 Å². The smallest absolute Gasteiger partial charge is 0.379 e. The van der Waals surface area contributed by atoms with E-state index in [4.69, 9.17) is 0 Å². The normalized spacial score (nSPS) is 9.43. The van der Waals surface area contributed by atoms with Gasteiger partial charge in [-0.2, -0.15) is 0 Å². The Balaban J connectivity index is 2.20. The lowest BCUT2D eigenvalue weighted by Crippen LogP contribution is -2.15. The first kappa shape index (κ1) is 14.5. The average Bonchev–Trinajstić information content (AvgIpc) is 2.53. The lowest BCUT2D eigenvalue weighted by Gasteiger charge is -1.99. The molecule has 0 amide bonds. The SMILES string of the molecule is COC(=O)C(=O)c1ccc(C#Cc2ccccc2C)cc1. The van der Waals surface area contributed by atoms with Crippen LogP contribution in [0.5, 0.6) is 0 Å². The first-order valence-electron chi connectivity index (χ1n) is 6.42. The van der Waals surface area contributed by atoms with Crippen LogP contribution in [0.25, 0.3) is 0 Å². The van der Waals surface area contributed by atoms with Gasteiger partial charge in [0.25, 0.3) is 5.78 Å². The van der Waals surface area contributed by atoms with E-state index in [1.54, 1.807) is 24.3 Å². The predicted octanol–water partition coefficient (Wildman–Crippen LogP) is 2.75. The zero-order chi connectivity index (χ0) is 15.2. The van der Waals surface area contributed by atoms with Crippen molar-refractivity contribution in [2.75, 3.05) is 7.11 Å². The van der Waals surface area contributed by atoms with Crippen molar-refractivity contribution < 1.29 is 14.3 Å². The highest BCUT2D eigenvalue weighted by Crippen LogP contribution is 2.07. The summed E-state index contributed by atoms with van der Waals surface area (Å²) in [5.74, 6) is 4.60. The molecule has 0 N–H and O–H groups in total. The van der Waals surface area contributed by atoms with Gasteiger partial charge in [-0.05, 0) is 42.8 Å². The number of hydrogen-bond donors (Lipinski definition) is 0. The van der Waals surface area contributed by atoms with Crippen molar-refractivity contribution in [2.24, 2.45) is 0 Å². The average molecular weight is 278 g/mol. The molecule has 3 nitrogen and oxygen atoms in total. The molecular formula is C18H14O3. The Morgan fingerprint density at radius 1 is 0.952 bits per heavy atom. The van der Waals surface area contributed by atoms with E-state index in [1.807, 2.05) is 31.2 Å². The van der Waals surface area contributed by atoms with Crippen molar-refractivity contribution in [3.63, 3.8) is 0 Å². The van der Waals surface area contributed by atoms with Gasteiger partial charge in [0.05, 0.1) is 7.11 Å². The van der Waals surface area contributed by atoms with Crippen LogP contribution in [0.1, 0.15) is 27.0 Å². The summed E-state index contributed by atoms with van der Waals surface area (Å²) in [5, 5.41) is 0. The van der Waals surface area contributed by atoms with Crippen molar-refractivity contribution >= 4 is 11.8 Å². The fourth-order valence-electron chi connectivity index (χ4n) is 1.77. The zero-order valence-electron chi connectivity index (χ0n) is 11.8. The summed E-state index contributed by atoms with van der Waals surface area (Å²) in [6.45, 7) is 2.00. The number of ether oxygens (including phenoxy) is 1. The van der Waals surface area contributed by atoms with Gasteiger partial charge in [0.2, 0.25) is 0 Å². The molecule has 0 heterocycles. The summed E-state index contributed by atoms with van der Waals surface area (Å²) in [5.41, 5.74) is 3.15. The van der Waals surface area contributed by atoms with Crippen molar-refractivity contribution in [3.05, 3.63) is 70.8 Å². The van der Waals surface area contributed by atoms with E-state index < -0.39 is 11.8 Å². The van der Waals surface area contributed by atoms with Crippen LogP contribution in [-0.2, 0) is 9.53 Å². The molecule has 0 fully saturated rings. The minimum Gasteiger partial charge on any atom is -0.463 e. The Morgan fingerprint density at radius 3 is 2.24 bits per heavy atom. The van der Waals surface area contributed by atoms with Crippen LogP contribution < -0.4 is 0 Å². The highest BCUT2D eigenvalue weighted by atomic mass is 16.5. The van der Waals surface area contributed by atoms with Crippen LogP contribution in [0.2, 0.25) is 0 Å². The fourth-order valence-corrected chi connectivity index (χ4v) is 1.77. The number of hydrogen-bond acceptors (Lipinski definition) is 3. The van der Waals surface area contributed by atoms with Gasteiger partial charge in [-0.3, -0.25) is 4.79 Å². The summed E-state index contributed by atoms with van der Waals surface area (Å²) >= 11 is 0. The van der Waals surface area contributed by atoms with E-state index in [9.17, 15) is 9.59 Å². The van der Waals surface area contributed by atoms with Gasteiger partial charge in [-0.1, -0.05) is 30.0 Å². The van der Waals surface area contributed by atoms with Crippen molar-refractivity contribution in [1.82, 2.24) is 0 Å². The molecule has 3 heteroatoms. The molecule has 2 aromatic carbocycles. The van der Waals surface area contributed by atoms with Crippen LogP contribution in [0.3, 0.4) is 0 Å². The minimum atomic E-state index is -0.867. The van der Waals surface area contributed by atoms with E-state index in [-0.39, 0.29) is 0 Å². The number of methoxy groups -OCH3 is 1. The van der Waals surface area contributed by atoms with Crippen LogP contribution in [0.15, 0.2) is 48.5 Å². The van der Waals surface area contributed by atoms with Gasteiger partial charge in [0, 0.05) is 16.7 Å². The molecule has 0 aliphatic carbocycles. The largest absolute Gasteiger partial charge is 0.463 e. The fraction of sp³-hybridized carbons (Fsp3) is 0.111. The zero-order valence-corrected chi connectivity index (χ0v) is 11.8. The van der Waals surface area contributed by atoms with Crippen LogP contribution in [0, 0.1) is 18.8 Å². The second-order valence-electron chi connectivity index (χ2n) is 4.46. The molecule has 0 saturated carbocycles. The first-order chi connectivity index (χ1) is 10.1. The Bertz CT molecular complexity index is 731. The highest BCUT2D eigenvalue weighted by Gasteiger charge is 2.15. The highest BCUT2D eigenvalue weighted by molar-refractivity contribution is 6.40. The third-order valence-corrected chi connectivity index (χ3v) is 3.00. The molecule has 0 radical (unpaired) electrons. The van der Waals surface area contributed by atoms with Gasteiger partial charge >= 0.3 is 5.97 Å². The second-order valence-corrected chi connectivity index (χ2v) is 4.46. The molecule has 0 saturated heterocycles. The van der Waals surface area contributed by atoms with Crippen LogP contribution >= 0.6 is 0 Å². The molecule has 0 spiro atoms. The molecule has 0 atom stereocenters. The maximum absolute atomic E-state index is 11.6. The summed E-state index contributed by atoms with van der Waals surface area (Å²) < 4.78 is 4.40. The lowest BCUT2D eigenvalue weighted by atomic mass is 10.1. The van der Waals surface area contributed by atoms with E-state index in [1.165, 1.54) is 7.11 Å². The Kier molecular flexibility index (Phi) is 4.53.